The average molecular weight is 516 g/mol. The lowest BCUT2D eigenvalue weighted by Gasteiger charge is -2.27. The van der Waals surface area contributed by atoms with Crippen molar-refractivity contribution in [1.29, 1.82) is 0 Å². The van der Waals surface area contributed by atoms with E-state index in [9.17, 15) is 19.7 Å². The van der Waals surface area contributed by atoms with E-state index in [-0.39, 0.29) is 47.6 Å². The molecule has 0 radical (unpaired) electrons. The van der Waals surface area contributed by atoms with E-state index in [1.54, 1.807) is 12.1 Å². The Labute approximate surface area is 209 Å². The van der Waals surface area contributed by atoms with E-state index in [0.717, 1.165) is 10.5 Å². The molecule has 0 unspecified atom stereocenters. The Kier molecular flexibility index (Phi) is 7.10. The Bertz CT molecular complexity index is 1290. The number of hydrogen-bond donors (Lipinski definition) is 1. The van der Waals surface area contributed by atoms with Crippen LogP contribution in [0.4, 0.5) is 5.69 Å². The first-order valence-corrected chi connectivity index (χ1v) is 11.0. The summed E-state index contributed by atoms with van der Waals surface area (Å²) >= 11 is 11.3. The number of amides is 2. The van der Waals surface area contributed by atoms with Crippen LogP contribution in [0.1, 0.15) is 16.7 Å². The van der Waals surface area contributed by atoms with E-state index in [4.69, 9.17) is 38.0 Å². The number of benzene rings is 2. The van der Waals surface area contributed by atoms with Crippen LogP contribution in [0.15, 0.2) is 48.6 Å². The molecule has 4 rings (SSSR count). The van der Waals surface area contributed by atoms with Gasteiger partial charge in [0, 0.05) is 40.4 Å². The van der Waals surface area contributed by atoms with Gasteiger partial charge in [-0.3, -0.25) is 29.9 Å². The molecular formula is C23H18ClN3O7S. The van der Waals surface area contributed by atoms with Crippen LogP contribution in [0, 0.1) is 10.1 Å². The van der Waals surface area contributed by atoms with Crippen molar-refractivity contribution in [3.63, 3.8) is 0 Å². The van der Waals surface area contributed by atoms with Gasteiger partial charge in [-0.2, -0.15) is 0 Å². The number of hydrogen-bond acceptors (Lipinski definition) is 8. The SMILES string of the molecule is C=CCN1C(=O)/C(=C/c2cc([N+](=O)[O-])ccc2OCc2cc(Cl)cc3c2OCOC3)C(=O)NC1=S. The molecule has 180 valence electrons. The lowest BCUT2D eigenvalue weighted by atomic mass is 10.1. The van der Waals surface area contributed by atoms with Crippen LogP contribution in [-0.4, -0.2) is 40.1 Å². The zero-order valence-electron chi connectivity index (χ0n) is 18.1. The number of rotatable bonds is 7. The molecule has 0 aliphatic carbocycles. The molecule has 0 aromatic heterocycles. The third-order valence-corrected chi connectivity index (χ3v) is 5.68. The van der Waals surface area contributed by atoms with Crippen LogP contribution < -0.4 is 14.8 Å². The van der Waals surface area contributed by atoms with Crippen molar-refractivity contribution in [2.24, 2.45) is 0 Å². The fourth-order valence-corrected chi connectivity index (χ4v) is 4.07. The molecule has 2 amide bonds. The summed E-state index contributed by atoms with van der Waals surface area (Å²) in [5.41, 5.74) is 1.06. The molecule has 2 aromatic rings. The summed E-state index contributed by atoms with van der Waals surface area (Å²) in [5, 5.41) is 14.2. The van der Waals surface area contributed by atoms with Crippen LogP contribution in [0.3, 0.4) is 0 Å². The van der Waals surface area contributed by atoms with Crippen molar-refractivity contribution in [3.05, 3.63) is 80.4 Å². The van der Waals surface area contributed by atoms with Crippen LogP contribution in [0.5, 0.6) is 11.5 Å². The topological polar surface area (TPSA) is 120 Å². The van der Waals surface area contributed by atoms with Gasteiger partial charge in [0.25, 0.3) is 17.5 Å². The highest BCUT2D eigenvalue weighted by Crippen LogP contribution is 2.34. The minimum absolute atomic E-state index is 0.00367. The van der Waals surface area contributed by atoms with Gasteiger partial charge >= 0.3 is 0 Å². The van der Waals surface area contributed by atoms with E-state index in [1.165, 1.54) is 30.4 Å². The molecule has 10 nitrogen and oxygen atoms in total. The number of nitrogens with zero attached hydrogens (tertiary/aromatic N) is 2. The van der Waals surface area contributed by atoms with Crippen LogP contribution in [0.25, 0.3) is 6.08 Å². The van der Waals surface area contributed by atoms with Crippen LogP contribution in [-0.2, 0) is 27.5 Å². The van der Waals surface area contributed by atoms with Gasteiger partial charge < -0.3 is 14.2 Å². The summed E-state index contributed by atoms with van der Waals surface area (Å²) in [4.78, 5) is 37.3. The number of nitrogens with one attached hydrogen (secondary N) is 1. The minimum Gasteiger partial charge on any atom is -0.488 e. The first-order chi connectivity index (χ1) is 16.8. The maximum atomic E-state index is 12.9. The monoisotopic (exact) mass is 515 g/mol. The Morgan fingerprint density at radius 3 is 2.86 bits per heavy atom. The molecular weight excluding hydrogens is 498 g/mol. The molecule has 2 aromatic carbocycles. The van der Waals surface area contributed by atoms with E-state index in [0.29, 0.717) is 22.9 Å². The number of ether oxygens (including phenoxy) is 3. The van der Waals surface area contributed by atoms with Gasteiger partial charge in [-0.1, -0.05) is 17.7 Å². The molecule has 0 spiro atoms. The highest BCUT2D eigenvalue weighted by molar-refractivity contribution is 7.80. The van der Waals surface area contributed by atoms with E-state index < -0.39 is 16.7 Å². The van der Waals surface area contributed by atoms with E-state index >= 15 is 0 Å². The van der Waals surface area contributed by atoms with Crippen LogP contribution in [0.2, 0.25) is 5.02 Å². The molecule has 1 saturated heterocycles. The number of fused-ring (bicyclic) bond motifs is 1. The summed E-state index contributed by atoms with van der Waals surface area (Å²) in [6, 6.07) is 7.28. The largest absolute Gasteiger partial charge is 0.488 e. The fourth-order valence-electron chi connectivity index (χ4n) is 3.56. The third-order valence-electron chi connectivity index (χ3n) is 5.14. The van der Waals surface area contributed by atoms with Gasteiger partial charge in [-0.25, -0.2) is 0 Å². The first kappa shape index (κ1) is 24.3. The Morgan fingerprint density at radius 2 is 2.11 bits per heavy atom. The zero-order chi connectivity index (χ0) is 25.1. The van der Waals surface area contributed by atoms with Crippen molar-refractivity contribution in [2.75, 3.05) is 13.3 Å². The van der Waals surface area contributed by atoms with Gasteiger partial charge in [-0.15, -0.1) is 6.58 Å². The second kappa shape index (κ2) is 10.2. The molecule has 0 bridgehead atoms. The summed E-state index contributed by atoms with van der Waals surface area (Å²) in [6.45, 7) is 4.07. The standard InChI is InChI=1S/C23H18ClN3O7S/c1-2-5-26-22(29)18(21(28)25-23(26)35)9-13-8-17(27(30)31)3-4-19(13)33-11-15-7-16(24)6-14-10-32-12-34-20(14)15/h2-4,6-9H,1,5,10-12H2,(H,25,28,35)/b18-9+. The first-order valence-electron chi connectivity index (χ1n) is 10.2. The number of nitro benzene ring substituents is 1. The van der Waals surface area contributed by atoms with Crippen molar-refractivity contribution in [1.82, 2.24) is 10.2 Å². The fraction of sp³-hybridized carbons (Fsp3) is 0.174. The van der Waals surface area contributed by atoms with E-state index in [2.05, 4.69) is 11.9 Å². The molecule has 1 fully saturated rings. The van der Waals surface area contributed by atoms with Crippen molar-refractivity contribution in [2.45, 2.75) is 13.2 Å². The second-order valence-electron chi connectivity index (χ2n) is 7.45. The molecule has 2 aliphatic heterocycles. The molecule has 2 aliphatic rings. The van der Waals surface area contributed by atoms with Gasteiger partial charge in [0.15, 0.2) is 11.9 Å². The Balaban J connectivity index is 1.70. The quantitative estimate of drug-likeness (QED) is 0.148. The van der Waals surface area contributed by atoms with Crippen molar-refractivity contribution < 1.29 is 28.7 Å². The number of carbonyl (C=O) groups excluding carboxylic acids is 2. The number of halogens is 1. The lowest BCUT2D eigenvalue weighted by Crippen LogP contribution is -2.53. The van der Waals surface area contributed by atoms with Crippen LogP contribution >= 0.6 is 23.8 Å². The minimum atomic E-state index is -0.727. The van der Waals surface area contributed by atoms with Gasteiger partial charge in [0.1, 0.15) is 23.7 Å². The number of carbonyl (C=O) groups is 2. The number of nitro groups is 1. The highest BCUT2D eigenvalue weighted by atomic mass is 35.5. The normalized spacial score (nSPS) is 16.4. The molecule has 0 saturated carbocycles. The molecule has 0 atom stereocenters. The van der Waals surface area contributed by atoms with Crippen molar-refractivity contribution >= 4 is 52.5 Å². The third kappa shape index (κ3) is 5.16. The maximum absolute atomic E-state index is 12.9. The predicted molar refractivity (Wildman–Crippen MR) is 130 cm³/mol. The predicted octanol–water partition coefficient (Wildman–Crippen LogP) is 3.51. The molecule has 1 N–H and O–H groups in total. The van der Waals surface area contributed by atoms with Gasteiger partial charge in [0.05, 0.1) is 11.5 Å². The Hall–Kier alpha value is -3.80. The number of non-ortho nitro benzene ring substituents is 1. The Morgan fingerprint density at radius 1 is 1.31 bits per heavy atom. The maximum Gasteiger partial charge on any atom is 0.270 e. The second-order valence-corrected chi connectivity index (χ2v) is 8.28. The number of thiocarbonyl (C=S) groups is 1. The summed E-state index contributed by atoms with van der Waals surface area (Å²) in [6.07, 6.45) is 2.69. The molecule has 12 heteroatoms. The lowest BCUT2D eigenvalue weighted by molar-refractivity contribution is -0.384. The summed E-state index contributed by atoms with van der Waals surface area (Å²) in [5.74, 6) is -0.603. The van der Waals surface area contributed by atoms with Gasteiger partial charge in [-0.05, 0) is 36.5 Å². The average Bonchev–Trinajstić information content (AvgIpc) is 2.83. The summed E-state index contributed by atoms with van der Waals surface area (Å²) < 4.78 is 16.8. The summed E-state index contributed by atoms with van der Waals surface area (Å²) in [7, 11) is 0. The molecule has 35 heavy (non-hydrogen) atoms. The smallest absolute Gasteiger partial charge is 0.270 e. The zero-order valence-corrected chi connectivity index (χ0v) is 19.7. The van der Waals surface area contributed by atoms with Gasteiger partial charge in [0.2, 0.25) is 0 Å². The van der Waals surface area contributed by atoms with Crippen molar-refractivity contribution in [3.8, 4) is 11.5 Å². The van der Waals surface area contributed by atoms with E-state index in [1.807, 2.05) is 0 Å². The molecule has 2 heterocycles. The highest BCUT2D eigenvalue weighted by Gasteiger charge is 2.33.